The molecule has 0 radical (unpaired) electrons. The van der Waals surface area contributed by atoms with Gasteiger partial charge in [-0.2, -0.15) is 0 Å². The fraction of sp³-hybridized carbons (Fsp3) is 0.571. The van der Waals surface area contributed by atoms with Crippen molar-refractivity contribution >= 4 is 0 Å². The predicted molar refractivity (Wildman–Crippen MR) is 68.9 cm³/mol. The van der Waals surface area contributed by atoms with Crippen molar-refractivity contribution in [1.29, 1.82) is 0 Å². The first-order valence-electron chi connectivity index (χ1n) is 6.11. The van der Waals surface area contributed by atoms with Crippen LogP contribution in [0.2, 0.25) is 0 Å². The highest BCUT2D eigenvalue weighted by molar-refractivity contribution is 5.29. The second-order valence-corrected chi connectivity index (χ2v) is 4.30. The van der Waals surface area contributed by atoms with Gasteiger partial charge in [0.1, 0.15) is 5.75 Å². The molecular weight excluding hydrogens is 198 g/mol. The highest BCUT2D eigenvalue weighted by Gasteiger charge is 2.04. The summed E-state index contributed by atoms with van der Waals surface area (Å²) in [5.74, 6) is 0.966. The Morgan fingerprint density at radius 1 is 1.19 bits per heavy atom. The van der Waals surface area contributed by atoms with Gasteiger partial charge in [0.2, 0.25) is 0 Å². The fourth-order valence-corrected chi connectivity index (χ4v) is 1.70. The van der Waals surface area contributed by atoms with Crippen molar-refractivity contribution in [1.82, 2.24) is 5.32 Å². The number of benzene rings is 1. The van der Waals surface area contributed by atoms with Gasteiger partial charge in [0.05, 0.1) is 6.10 Å². The van der Waals surface area contributed by atoms with Crippen LogP contribution in [-0.2, 0) is 0 Å². The maximum absolute atomic E-state index is 5.80. The van der Waals surface area contributed by atoms with Crippen molar-refractivity contribution in [2.75, 3.05) is 7.05 Å². The van der Waals surface area contributed by atoms with Gasteiger partial charge in [0.25, 0.3) is 0 Å². The first-order chi connectivity index (χ1) is 7.67. The van der Waals surface area contributed by atoms with E-state index in [1.54, 1.807) is 0 Å². The second kappa shape index (κ2) is 6.54. The topological polar surface area (TPSA) is 21.3 Å². The third kappa shape index (κ3) is 3.86. The number of hydrogen-bond acceptors (Lipinski definition) is 2. The van der Waals surface area contributed by atoms with Gasteiger partial charge in [0, 0.05) is 6.04 Å². The minimum Gasteiger partial charge on any atom is -0.491 e. The third-order valence-corrected chi connectivity index (χ3v) is 2.85. The Hall–Kier alpha value is -1.02. The Morgan fingerprint density at radius 3 is 2.31 bits per heavy atom. The minimum atomic E-state index is 0.303. The van der Waals surface area contributed by atoms with E-state index in [0.29, 0.717) is 12.1 Å². The van der Waals surface area contributed by atoms with Crippen molar-refractivity contribution in [2.45, 2.75) is 45.8 Å². The first-order valence-corrected chi connectivity index (χ1v) is 6.11. The van der Waals surface area contributed by atoms with Gasteiger partial charge in [-0.25, -0.2) is 0 Å². The SMILES string of the molecule is CCCC(C)Oc1ccc(C(C)NC)cc1. The van der Waals surface area contributed by atoms with Crippen LogP contribution in [-0.4, -0.2) is 13.2 Å². The zero-order chi connectivity index (χ0) is 12.0. The summed E-state index contributed by atoms with van der Waals surface area (Å²) in [6.45, 7) is 6.45. The van der Waals surface area contributed by atoms with Crippen molar-refractivity contribution < 1.29 is 4.74 Å². The number of hydrogen-bond donors (Lipinski definition) is 1. The zero-order valence-corrected chi connectivity index (χ0v) is 10.8. The molecule has 0 aliphatic rings. The molecule has 2 heteroatoms. The van der Waals surface area contributed by atoms with Gasteiger partial charge in [-0.3, -0.25) is 0 Å². The molecule has 0 fully saturated rings. The number of rotatable bonds is 6. The van der Waals surface area contributed by atoms with E-state index in [1.807, 2.05) is 7.05 Å². The van der Waals surface area contributed by atoms with Crippen LogP contribution in [0.5, 0.6) is 5.75 Å². The lowest BCUT2D eigenvalue weighted by Gasteiger charge is -2.15. The molecular formula is C14H23NO. The third-order valence-electron chi connectivity index (χ3n) is 2.85. The van der Waals surface area contributed by atoms with E-state index < -0.39 is 0 Å². The van der Waals surface area contributed by atoms with Gasteiger partial charge < -0.3 is 10.1 Å². The lowest BCUT2D eigenvalue weighted by Crippen LogP contribution is -2.13. The van der Waals surface area contributed by atoms with E-state index in [-0.39, 0.29) is 0 Å². The van der Waals surface area contributed by atoms with E-state index in [0.717, 1.165) is 18.6 Å². The lowest BCUT2D eigenvalue weighted by molar-refractivity contribution is 0.210. The van der Waals surface area contributed by atoms with Gasteiger partial charge >= 0.3 is 0 Å². The summed E-state index contributed by atoms with van der Waals surface area (Å²) >= 11 is 0. The summed E-state index contributed by atoms with van der Waals surface area (Å²) in [6.07, 6.45) is 2.57. The Bertz CT molecular complexity index is 294. The second-order valence-electron chi connectivity index (χ2n) is 4.30. The quantitative estimate of drug-likeness (QED) is 0.793. The maximum atomic E-state index is 5.80. The molecule has 0 aliphatic heterocycles. The van der Waals surface area contributed by atoms with E-state index in [1.165, 1.54) is 5.56 Å². The average Bonchev–Trinajstić information content (AvgIpc) is 2.29. The van der Waals surface area contributed by atoms with Crippen molar-refractivity contribution in [3.63, 3.8) is 0 Å². The molecule has 0 heterocycles. The molecule has 0 bridgehead atoms. The van der Waals surface area contributed by atoms with Crippen molar-refractivity contribution in [2.24, 2.45) is 0 Å². The van der Waals surface area contributed by atoms with Crippen LogP contribution in [0.15, 0.2) is 24.3 Å². The number of ether oxygens (including phenoxy) is 1. The minimum absolute atomic E-state index is 0.303. The fourth-order valence-electron chi connectivity index (χ4n) is 1.70. The van der Waals surface area contributed by atoms with Crippen LogP contribution in [0.1, 0.15) is 45.2 Å². The van der Waals surface area contributed by atoms with Gasteiger partial charge in [-0.05, 0) is 45.0 Å². The van der Waals surface area contributed by atoms with E-state index in [4.69, 9.17) is 4.74 Å². The van der Waals surface area contributed by atoms with Crippen molar-refractivity contribution in [3.8, 4) is 5.75 Å². The Labute approximate surface area is 99.0 Å². The smallest absolute Gasteiger partial charge is 0.119 e. The monoisotopic (exact) mass is 221 g/mol. The van der Waals surface area contributed by atoms with Gasteiger partial charge in [-0.1, -0.05) is 25.5 Å². The van der Waals surface area contributed by atoms with Gasteiger partial charge in [0.15, 0.2) is 0 Å². The molecule has 0 aliphatic carbocycles. The van der Waals surface area contributed by atoms with Crippen LogP contribution in [0.25, 0.3) is 0 Å². The van der Waals surface area contributed by atoms with E-state index >= 15 is 0 Å². The number of nitrogens with one attached hydrogen (secondary N) is 1. The molecule has 2 nitrogen and oxygen atoms in total. The van der Waals surface area contributed by atoms with Crippen LogP contribution in [0, 0.1) is 0 Å². The lowest BCUT2D eigenvalue weighted by atomic mass is 10.1. The summed E-state index contributed by atoms with van der Waals surface area (Å²) in [6, 6.07) is 8.73. The molecule has 1 aromatic carbocycles. The molecule has 2 atom stereocenters. The van der Waals surface area contributed by atoms with Crippen LogP contribution < -0.4 is 10.1 Å². The molecule has 1 N–H and O–H groups in total. The van der Waals surface area contributed by atoms with E-state index in [9.17, 15) is 0 Å². The van der Waals surface area contributed by atoms with Gasteiger partial charge in [-0.15, -0.1) is 0 Å². The highest BCUT2D eigenvalue weighted by Crippen LogP contribution is 2.18. The molecule has 90 valence electrons. The van der Waals surface area contributed by atoms with Crippen LogP contribution >= 0.6 is 0 Å². The molecule has 0 amide bonds. The summed E-state index contributed by atoms with van der Waals surface area (Å²) in [5.41, 5.74) is 1.29. The molecule has 1 rings (SSSR count). The molecule has 0 spiro atoms. The van der Waals surface area contributed by atoms with Crippen molar-refractivity contribution in [3.05, 3.63) is 29.8 Å². The standard InChI is InChI=1S/C14H23NO/c1-5-6-11(2)16-14-9-7-13(8-10-14)12(3)15-4/h7-12,15H,5-6H2,1-4H3. The maximum Gasteiger partial charge on any atom is 0.119 e. The summed E-state index contributed by atoms with van der Waals surface area (Å²) in [5, 5.41) is 3.22. The summed E-state index contributed by atoms with van der Waals surface area (Å²) < 4.78 is 5.80. The average molecular weight is 221 g/mol. The van der Waals surface area contributed by atoms with E-state index in [2.05, 4.69) is 50.4 Å². The molecule has 2 unspecified atom stereocenters. The summed E-state index contributed by atoms with van der Waals surface area (Å²) in [4.78, 5) is 0. The Morgan fingerprint density at radius 2 is 1.81 bits per heavy atom. The normalized spacial score (nSPS) is 14.5. The zero-order valence-electron chi connectivity index (χ0n) is 10.8. The molecule has 0 aromatic heterocycles. The Kier molecular flexibility index (Phi) is 5.33. The largest absolute Gasteiger partial charge is 0.491 e. The molecule has 1 aromatic rings. The van der Waals surface area contributed by atoms with Crippen LogP contribution in [0.3, 0.4) is 0 Å². The molecule has 0 saturated heterocycles. The van der Waals surface area contributed by atoms with Crippen LogP contribution in [0.4, 0.5) is 0 Å². The molecule has 0 saturated carbocycles. The molecule has 16 heavy (non-hydrogen) atoms. The summed E-state index contributed by atoms with van der Waals surface area (Å²) in [7, 11) is 1.97. The first kappa shape index (κ1) is 13.0. The Balaban J connectivity index is 2.57. The predicted octanol–water partition coefficient (Wildman–Crippen LogP) is 3.53. The highest BCUT2D eigenvalue weighted by atomic mass is 16.5.